The van der Waals surface area contributed by atoms with Gasteiger partial charge in [-0.15, -0.1) is 0 Å². The maximum atomic E-state index is 12.1. The van der Waals surface area contributed by atoms with E-state index in [-0.39, 0.29) is 5.91 Å². The fourth-order valence-electron chi connectivity index (χ4n) is 2.23. The van der Waals surface area contributed by atoms with Crippen molar-refractivity contribution in [3.05, 3.63) is 23.8 Å². The summed E-state index contributed by atoms with van der Waals surface area (Å²) in [5.41, 5.74) is 2.60. The van der Waals surface area contributed by atoms with Gasteiger partial charge in [0.25, 0.3) is 0 Å². The lowest BCUT2D eigenvalue weighted by atomic mass is 9.88. The molecule has 0 spiro atoms. The van der Waals surface area contributed by atoms with Crippen LogP contribution in [-0.4, -0.2) is 11.4 Å². The van der Waals surface area contributed by atoms with E-state index >= 15 is 0 Å². The fraction of sp³-hybridized carbons (Fsp3) is 0.462. The first-order valence-electron chi connectivity index (χ1n) is 5.82. The SMILES string of the molecule is CCC1(CC)Nc2cccc(C)c2NC1=O. The second kappa shape index (κ2) is 3.81. The van der Waals surface area contributed by atoms with Gasteiger partial charge in [-0.25, -0.2) is 0 Å². The Labute approximate surface area is 96.2 Å². The summed E-state index contributed by atoms with van der Waals surface area (Å²) in [7, 11) is 0. The van der Waals surface area contributed by atoms with Crippen LogP contribution in [0.25, 0.3) is 0 Å². The number of benzene rings is 1. The number of hydrogen-bond donors (Lipinski definition) is 2. The predicted octanol–water partition coefficient (Wildman–Crippen LogP) is 2.92. The van der Waals surface area contributed by atoms with Gasteiger partial charge >= 0.3 is 0 Å². The first kappa shape index (κ1) is 11.0. The monoisotopic (exact) mass is 218 g/mol. The summed E-state index contributed by atoms with van der Waals surface area (Å²) < 4.78 is 0. The molecule has 2 rings (SSSR count). The molecule has 0 radical (unpaired) electrons. The van der Waals surface area contributed by atoms with Crippen LogP contribution in [0.15, 0.2) is 18.2 Å². The van der Waals surface area contributed by atoms with Crippen LogP contribution in [-0.2, 0) is 4.79 Å². The van der Waals surface area contributed by atoms with Crippen LogP contribution in [0.5, 0.6) is 0 Å². The molecule has 1 aromatic rings. The lowest BCUT2D eigenvalue weighted by Crippen LogP contribution is -2.51. The average Bonchev–Trinajstić information content (AvgIpc) is 2.30. The molecule has 3 heteroatoms. The molecule has 0 atom stereocenters. The van der Waals surface area contributed by atoms with Crippen molar-refractivity contribution in [3.8, 4) is 0 Å². The number of rotatable bonds is 2. The van der Waals surface area contributed by atoms with Crippen LogP contribution in [0, 0.1) is 6.92 Å². The molecule has 1 aliphatic rings. The number of hydrogen-bond acceptors (Lipinski definition) is 2. The Balaban J connectivity index is 2.46. The highest BCUT2D eigenvalue weighted by molar-refractivity contribution is 6.06. The summed E-state index contributed by atoms with van der Waals surface area (Å²) in [6.45, 7) is 6.08. The summed E-state index contributed by atoms with van der Waals surface area (Å²) in [6.07, 6.45) is 1.59. The van der Waals surface area contributed by atoms with E-state index in [1.54, 1.807) is 0 Å². The highest BCUT2D eigenvalue weighted by Gasteiger charge is 2.38. The van der Waals surface area contributed by atoms with E-state index < -0.39 is 5.54 Å². The smallest absolute Gasteiger partial charge is 0.250 e. The van der Waals surface area contributed by atoms with Gasteiger partial charge in [-0.2, -0.15) is 0 Å². The van der Waals surface area contributed by atoms with E-state index in [0.717, 1.165) is 29.8 Å². The number of para-hydroxylation sites is 1. The highest BCUT2D eigenvalue weighted by Crippen LogP contribution is 2.35. The Kier molecular flexibility index (Phi) is 2.62. The van der Waals surface area contributed by atoms with E-state index in [0.29, 0.717) is 0 Å². The third kappa shape index (κ3) is 1.47. The quantitative estimate of drug-likeness (QED) is 0.801. The van der Waals surface area contributed by atoms with Crippen molar-refractivity contribution in [2.75, 3.05) is 10.6 Å². The Morgan fingerprint density at radius 2 is 1.94 bits per heavy atom. The van der Waals surface area contributed by atoms with Gasteiger partial charge in [-0.3, -0.25) is 4.79 Å². The molecule has 0 aromatic heterocycles. The minimum absolute atomic E-state index is 0.0827. The van der Waals surface area contributed by atoms with Crippen molar-refractivity contribution in [1.29, 1.82) is 0 Å². The second-order valence-corrected chi connectivity index (χ2v) is 4.37. The number of carbonyl (C=O) groups is 1. The molecule has 0 fully saturated rings. The highest BCUT2D eigenvalue weighted by atomic mass is 16.2. The normalized spacial score (nSPS) is 17.3. The van der Waals surface area contributed by atoms with Gasteiger partial charge in [0.1, 0.15) is 5.54 Å². The lowest BCUT2D eigenvalue weighted by Gasteiger charge is -2.38. The van der Waals surface area contributed by atoms with Gasteiger partial charge in [0.2, 0.25) is 5.91 Å². The molecule has 1 amide bonds. The zero-order chi connectivity index (χ0) is 11.8. The van der Waals surface area contributed by atoms with Crippen LogP contribution in [0.1, 0.15) is 32.3 Å². The number of amides is 1. The molecule has 1 heterocycles. The molecule has 0 aliphatic carbocycles. The van der Waals surface area contributed by atoms with Crippen LogP contribution >= 0.6 is 0 Å². The first-order chi connectivity index (χ1) is 7.63. The summed E-state index contributed by atoms with van der Waals surface area (Å²) >= 11 is 0. The van der Waals surface area contributed by atoms with Crippen LogP contribution in [0.3, 0.4) is 0 Å². The summed E-state index contributed by atoms with van der Waals surface area (Å²) in [5, 5.41) is 6.41. The van der Waals surface area contributed by atoms with Crippen LogP contribution in [0.4, 0.5) is 11.4 Å². The van der Waals surface area contributed by atoms with Gasteiger partial charge < -0.3 is 10.6 Å². The van der Waals surface area contributed by atoms with Crippen molar-refractivity contribution in [2.45, 2.75) is 39.2 Å². The molecule has 86 valence electrons. The van der Waals surface area contributed by atoms with Gasteiger partial charge in [0.15, 0.2) is 0 Å². The Morgan fingerprint density at radius 1 is 1.25 bits per heavy atom. The topological polar surface area (TPSA) is 41.1 Å². The molecule has 0 saturated heterocycles. The number of fused-ring (bicyclic) bond motifs is 1. The second-order valence-electron chi connectivity index (χ2n) is 4.37. The summed E-state index contributed by atoms with van der Waals surface area (Å²) in [4.78, 5) is 12.1. The molecule has 3 nitrogen and oxygen atoms in total. The van der Waals surface area contributed by atoms with Crippen LogP contribution in [0.2, 0.25) is 0 Å². The Morgan fingerprint density at radius 3 is 2.56 bits per heavy atom. The molecular weight excluding hydrogens is 200 g/mol. The molecule has 1 aromatic carbocycles. The van der Waals surface area contributed by atoms with E-state index in [2.05, 4.69) is 10.6 Å². The van der Waals surface area contributed by atoms with Crippen LogP contribution < -0.4 is 10.6 Å². The molecule has 0 saturated carbocycles. The zero-order valence-electron chi connectivity index (χ0n) is 10.1. The summed E-state index contributed by atoms with van der Waals surface area (Å²) in [6, 6.07) is 6.03. The largest absolute Gasteiger partial charge is 0.370 e. The van der Waals surface area contributed by atoms with Gasteiger partial charge in [0, 0.05) is 0 Å². The number of nitrogens with one attached hydrogen (secondary N) is 2. The van der Waals surface area contributed by atoms with Gasteiger partial charge in [0.05, 0.1) is 11.4 Å². The van der Waals surface area contributed by atoms with Gasteiger partial charge in [-0.1, -0.05) is 26.0 Å². The van der Waals surface area contributed by atoms with Gasteiger partial charge in [-0.05, 0) is 31.4 Å². The maximum Gasteiger partial charge on any atom is 0.250 e. The molecule has 16 heavy (non-hydrogen) atoms. The number of aryl methyl sites for hydroxylation is 1. The average molecular weight is 218 g/mol. The molecule has 0 unspecified atom stereocenters. The minimum atomic E-state index is -0.444. The number of anilines is 2. The van der Waals surface area contributed by atoms with Crippen molar-refractivity contribution >= 4 is 17.3 Å². The van der Waals surface area contributed by atoms with Crippen molar-refractivity contribution in [3.63, 3.8) is 0 Å². The minimum Gasteiger partial charge on any atom is -0.370 e. The lowest BCUT2D eigenvalue weighted by molar-refractivity contribution is -0.120. The van der Waals surface area contributed by atoms with E-state index in [4.69, 9.17) is 0 Å². The molecule has 1 aliphatic heterocycles. The Hall–Kier alpha value is -1.51. The third-order valence-electron chi connectivity index (χ3n) is 3.53. The molecule has 2 N–H and O–H groups in total. The van der Waals surface area contributed by atoms with E-state index in [9.17, 15) is 4.79 Å². The van der Waals surface area contributed by atoms with E-state index in [1.807, 2.05) is 39.0 Å². The molecular formula is C13H18N2O. The standard InChI is InChI=1S/C13H18N2O/c1-4-13(5-2)12(16)14-11-9(3)7-6-8-10(11)15-13/h6-8,15H,4-5H2,1-3H3,(H,14,16). The third-order valence-corrected chi connectivity index (χ3v) is 3.53. The van der Waals surface area contributed by atoms with E-state index in [1.165, 1.54) is 0 Å². The Bertz CT molecular complexity index is 422. The van der Waals surface area contributed by atoms with Crippen molar-refractivity contribution in [1.82, 2.24) is 0 Å². The van der Waals surface area contributed by atoms with Crippen molar-refractivity contribution in [2.24, 2.45) is 0 Å². The predicted molar refractivity (Wildman–Crippen MR) is 66.7 cm³/mol. The van der Waals surface area contributed by atoms with Crippen molar-refractivity contribution < 1.29 is 4.79 Å². The molecule has 0 bridgehead atoms. The number of carbonyl (C=O) groups excluding carboxylic acids is 1. The fourth-order valence-corrected chi connectivity index (χ4v) is 2.23. The summed E-state index contributed by atoms with van der Waals surface area (Å²) in [5.74, 6) is 0.0827. The first-order valence-corrected chi connectivity index (χ1v) is 5.82. The zero-order valence-corrected chi connectivity index (χ0v) is 10.1. The maximum absolute atomic E-state index is 12.1.